The standard InChI is InChI=1S/C29H26ClF4NO5S/c1-17-7-10-21(15-22(17)29(32,33)34)41(37,38)35-16-20(9-12-27(36)39-3)40-26-11-8-19(14-25(26)35)13-18(2)28-23(30)5-4-6-24(28)31/h4-8,10-11,13-15,20H,9,12,16H2,1-3H3. The van der Waals surface area contributed by atoms with Crippen molar-refractivity contribution in [2.45, 2.75) is 43.9 Å². The number of fused-ring (bicyclic) bond motifs is 1. The number of sulfonamides is 1. The number of alkyl halides is 3. The van der Waals surface area contributed by atoms with Crippen LogP contribution in [0, 0.1) is 12.7 Å². The van der Waals surface area contributed by atoms with Gasteiger partial charge in [-0.05, 0) is 73.4 Å². The van der Waals surface area contributed by atoms with E-state index < -0.39 is 44.5 Å². The summed E-state index contributed by atoms with van der Waals surface area (Å²) in [4.78, 5) is 11.2. The van der Waals surface area contributed by atoms with Gasteiger partial charge in [-0.3, -0.25) is 9.10 Å². The summed E-state index contributed by atoms with van der Waals surface area (Å²) in [6.45, 7) is 2.62. The number of ether oxygens (including phenoxy) is 2. The molecule has 0 aromatic heterocycles. The van der Waals surface area contributed by atoms with E-state index in [0.29, 0.717) is 17.2 Å². The van der Waals surface area contributed by atoms with E-state index in [4.69, 9.17) is 16.3 Å². The summed E-state index contributed by atoms with van der Waals surface area (Å²) in [6.07, 6.45) is -3.90. The smallest absolute Gasteiger partial charge is 0.416 e. The van der Waals surface area contributed by atoms with Gasteiger partial charge in [-0.25, -0.2) is 12.8 Å². The molecular formula is C29H26ClF4NO5S. The molecule has 1 atom stereocenters. The maximum Gasteiger partial charge on any atom is 0.416 e. The minimum Gasteiger partial charge on any atom is -0.486 e. The molecule has 0 radical (unpaired) electrons. The van der Waals surface area contributed by atoms with E-state index in [2.05, 4.69) is 4.74 Å². The average Bonchev–Trinajstić information content (AvgIpc) is 2.90. The lowest BCUT2D eigenvalue weighted by molar-refractivity contribution is -0.141. The molecule has 3 aromatic rings. The van der Waals surface area contributed by atoms with Gasteiger partial charge in [0.1, 0.15) is 17.7 Å². The lowest BCUT2D eigenvalue weighted by Crippen LogP contribution is -2.43. The van der Waals surface area contributed by atoms with Gasteiger partial charge in [0.05, 0.1) is 34.8 Å². The predicted octanol–water partition coefficient (Wildman–Crippen LogP) is 7.28. The first-order valence-corrected chi connectivity index (χ1v) is 14.2. The van der Waals surface area contributed by atoms with Crippen LogP contribution < -0.4 is 9.04 Å². The van der Waals surface area contributed by atoms with Crippen LogP contribution in [0.1, 0.15) is 42.0 Å². The summed E-state index contributed by atoms with van der Waals surface area (Å²) in [5, 5.41) is 0.192. The van der Waals surface area contributed by atoms with Gasteiger partial charge < -0.3 is 9.47 Å². The number of carbonyl (C=O) groups is 1. The molecule has 218 valence electrons. The van der Waals surface area contributed by atoms with Crippen LogP contribution in [0.2, 0.25) is 5.02 Å². The number of carbonyl (C=O) groups excluding carboxylic acids is 1. The molecule has 0 N–H and O–H groups in total. The number of nitrogens with zero attached hydrogens (tertiary/aromatic N) is 1. The number of anilines is 1. The molecule has 0 aliphatic carbocycles. The zero-order valence-corrected chi connectivity index (χ0v) is 23.8. The van der Waals surface area contributed by atoms with E-state index in [1.54, 1.807) is 19.1 Å². The predicted molar refractivity (Wildman–Crippen MR) is 148 cm³/mol. The number of halogens is 5. The zero-order valence-electron chi connectivity index (χ0n) is 22.3. The molecule has 0 saturated heterocycles. The molecule has 0 bridgehead atoms. The minimum atomic E-state index is -4.76. The molecule has 0 saturated carbocycles. The van der Waals surface area contributed by atoms with Crippen molar-refractivity contribution in [2.75, 3.05) is 18.0 Å². The lowest BCUT2D eigenvalue weighted by Gasteiger charge is -2.36. The van der Waals surface area contributed by atoms with Gasteiger partial charge in [-0.15, -0.1) is 0 Å². The summed E-state index contributed by atoms with van der Waals surface area (Å²) in [5.41, 5.74) is -0.00178. The van der Waals surface area contributed by atoms with E-state index in [1.165, 1.54) is 44.4 Å². The fraction of sp³-hybridized carbons (Fsp3) is 0.276. The van der Waals surface area contributed by atoms with Crippen molar-refractivity contribution in [3.05, 3.63) is 87.7 Å². The molecule has 1 aliphatic rings. The number of methoxy groups -OCH3 is 1. The van der Waals surface area contributed by atoms with Crippen LogP contribution in [-0.2, 0) is 25.7 Å². The van der Waals surface area contributed by atoms with E-state index in [-0.39, 0.29) is 47.0 Å². The van der Waals surface area contributed by atoms with Gasteiger partial charge in [0.2, 0.25) is 0 Å². The quantitative estimate of drug-likeness (QED) is 0.160. The van der Waals surface area contributed by atoms with E-state index in [1.807, 2.05) is 0 Å². The third kappa shape index (κ3) is 6.51. The van der Waals surface area contributed by atoms with E-state index in [9.17, 15) is 30.8 Å². The third-order valence-electron chi connectivity index (χ3n) is 6.66. The summed E-state index contributed by atoms with van der Waals surface area (Å²) in [6, 6.07) is 11.7. The highest BCUT2D eigenvalue weighted by atomic mass is 35.5. The maximum absolute atomic E-state index is 14.5. The van der Waals surface area contributed by atoms with E-state index >= 15 is 0 Å². The monoisotopic (exact) mass is 611 g/mol. The van der Waals surface area contributed by atoms with Gasteiger partial charge in [-0.2, -0.15) is 13.2 Å². The number of hydrogen-bond donors (Lipinski definition) is 0. The van der Waals surface area contributed by atoms with Crippen molar-refractivity contribution in [3.63, 3.8) is 0 Å². The number of allylic oxidation sites excluding steroid dienone is 1. The SMILES string of the molecule is COC(=O)CCC1CN(S(=O)(=O)c2ccc(C)c(C(F)(F)F)c2)c2cc(C=C(C)c3c(F)cccc3Cl)ccc2O1. The minimum absolute atomic E-state index is 0.0590. The van der Waals surface area contributed by atoms with Gasteiger partial charge in [0, 0.05) is 12.0 Å². The Morgan fingerprint density at radius 3 is 2.56 bits per heavy atom. The van der Waals surface area contributed by atoms with Gasteiger partial charge in [0.15, 0.2) is 0 Å². The number of rotatable bonds is 7. The van der Waals surface area contributed by atoms with Crippen molar-refractivity contribution >= 4 is 44.9 Å². The molecule has 1 heterocycles. The molecule has 1 aliphatic heterocycles. The average molecular weight is 612 g/mol. The second-order valence-corrected chi connectivity index (χ2v) is 11.8. The highest BCUT2D eigenvalue weighted by Gasteiger charge is 2.38. The van der Waals surface area contributed by atoms with Crippen LogP contribution in [0.4, 0.5) is 23.2 Å². The van der Waals surface area contributed by atoms with Crippen molar-refractivity contribution < 1.29 is 40.2 Å². The summed E-state index contributed by atoms with van der Waals surface area (Å²) in [7, 11) is -3.31. The van der Waals surface area contributed by atoms with Crippen molar-refractivity contribution in [3.8, 4) is 5.75 Å². The Morgan fingerprint density at radius 1 is 1.17 bits per heavy atom. The lowest BCUT2D eigenvalue weighted by atomic mass is 10.0. The summed E-state index contributed by atoms with van der Waals surface area (Å²) in [5.74, 6) is -0.911. The molecule has 0 spiro atoms. The topological polar surface area (TPSA) is 72.9 Å². The van der Waals surface area contributed by atoms with Crippen LogP contribution >= 0.6 is 11.6 Å². The normalized spacial score (nSPS) is 15.8. The van der Waals surface area contributed by atoms with E-state index in [0.717, 1.165) is 16.4 Å². The molecule has 12 heteroatoms. The van der Waals surface area contributed by atoms with Crippen LogP contribution in [0.3, 0.4) is 0 Å². The zero-order chi connectivity index (χ0) is 30.1. The molecular weight excluding hydrogens is 586 g/mol. The molecule has 3 aromatic carbocycles. The fourth-order valence-corrected chi connectivity index (χ4v) is 6.41. The van der Waals surface area contributed by atoms with Gasteiger partial charge in [0.25, 0.3) is 10.0 Å². The number of hydrogen-bond acceptors (Lipinski definition) is 5. The first-order valence-electron chi connectivity index (χ1n) is 12.4. The third-order valence-corrected chi connectivity index (χ3v) is 8.75. The first kappa shape index (κ1) is 30.4. The van der Waals surface area contributed by atoms with Crippen LogP contribution in [0.25, 0.3) is 11.6 Å². The first-order chi connectivity index (χ1) is 19.2. The molecule has 41 heavy (non-hydrogen) atoms. The molecule has 1 unspecified atom stereocenters. The Labute approximate surface area is 240 Å². The van der Waals surface area contributed by atoms with Gasteiger partial charge >= 0.3 is 12.1 Å². The fourth-order valence-electron chi connectivity index (χ4n) is 4.57. The summed E-state index contributed by atoms with van der Waals surface area (Å²) < 4.78 is 94.7. The second-order valence-electron chi connectivity index (χ2n) is 9.52. The van der Waals surface area contributed by atoms with Gasteiger partial charge in [-0.1, -0.05) is 35.9 Å². The number of esters is 1. The molecule has 0 fully saturated rings. The number of benzene rings is 3. The highest BCUT2D eigenvalue weighted by Crippen LogP contribution is 2.41. The summed E-state index contributed by atoms with van der Waals surface area (Å²) >= 11 is 6.19. The van der Waals surface area contributed by atoms with Crippen LogP contribution in [0.5, 0.6) is 5.75 Å². The molecule has 6 nitrogen and oxygen atoms in total. The van der Waals surface area contributed by atoms with Crippen LogP contribution in [0.15, 0.2) is 59.5 Å². The number of aryl methyl sites for hydroxylation is 1. The Kier molecular flexibility index (Phi) is 8.70. The largest absolute Gasteiger partial charge is 0.486 e. The Balaban J connectivity index is 1.81. The highest BCUT2D eigenvalue weighted by molar-refractivity contribution is 7.92. The Hall–Kier alpha value is -3.57. The van der Waals surface area contributed by atoms with Crippen molar-refractivity contribution in [1.29, 1.82) is 0 Å². The molecule has 0 amide bonds. The maximum atomic E-state index is 14.5. The van der Waals surface area contributed by atoms with Crippen molar-refractivity contribution in [1.82, 2.24) is 0 Å². The van der Waals surface area contributed by atoms with Crippen LogP contribution in [-0.4, -0.2) is 34.1 Å². The van der Waals surface area contributed by atoms with Crippen molar-refractivity contribution in [2.24, 2.45) is 0 Å². The Bertz CT molecular complexity index is 1600. The Morgan fingerprint density at radius 2 is 1.90 bits per heavy atom. The molecule has 4 rings (SSSR count). The second kappa shape index (κ2) is 11.7.